The van der Waals surface area contributed by atoms with E-state index >= 15 is 0 Å². The molecule has 2 heterocycles. The molecule has 1 fully saturated rings. The second-order valence-corrected chi connectivity index (χ2v) is 7.80. The van der Waals surface area contributed by atoms with E-state index in [1.54, 1.807) is 31.3 Å². The van der Waals surface area contributed by atoms with Crippen molar-refractivity contribution in [3.63, 3.8) is 0 Å². The van der Waals surface area contributed by atoms with Gasteiger partial charge in [-0.25, -0.2) is 4.98 Å². The Hall–Kier alpha value is -3.50. The van der Waals surface area contributed by atoms with Crippen LogP contribution in [0.4, 0.5) is 13.2 Å². The molecule has 1 unspecified atom stereocenters. The van der Waals surface area contributed by atoms with Crippen molar-refractivity contribution in [2.24, 2.45) is 5.92 Å². The van der Waals surface area contributed by atoms with Crippen LogP contribution in [-0.2, 0) is 22.6 Å². The SMILES string of the molecule is COc1ccc(CCN2CC(C(=O)NCc3ccnc(OCC(F)(F)F)c3)CC2=O)cc1OC. The fraction of sp³-hybridized carbons (Fsp3) is 0.435. The van der Waals surface area contributed by atoms with Crippen molar-refractivity contribution in [2.45, 2.75) is 25.6 Å². The van der Waals surface area contributed by atoms with Crippen molar-refractivity contribution in [1.29, 1.82) is 0 Å². The average Bonchev–Trinajstić information content (AvgIpc) is 3.20. The van der Waals surface area contributed by atoms with Crippen LogP contribution in [0.2, 0.25) is 0 Å². The van der Waals surface area contributed by atoms with Gasteiger partial charge in [0, 0.05) is 38.3 Å². The molecule has 1 N–H and O–H groups in total. The molecule has 1 aromatic heterocycles. The Kier molecular flexibility index (Phi) is 8.19. The summed E-state index contributed by atoms with van der Waals surface area (Å²) < 4.78 is 52.0. The monoisotopic (exact) mass is 481 g/mol. The second kappa shape index (κ2) is 11.1. The molecule has 0 radical (unpaired) electrons. The standard InChI is InChI=1S/C23H26F3N3O5/c1-32-18-4-3-15(9-19(18)33-2)6-8-29-13-17(11-21(29)30)22(31)28-12-16-5-7-27-20(10-16)34-14-23(24,25)26/h3-5,7,9-10,17H,6,8,11-14H2,1-2H3,(H,28,31). The summed E-state index contributed by atoms with van der Waals surface area (Å²) in [5, 5.41) is 2.73. The van der Waals surface area contributed by atoms with Gasteiger partial charge in [0.15, 0.2) is 18.1 Å². The van der Waals surface area contributed by atoms with E-state index in [0.717, 1.165) is 5.56 Å². The molecule has 3 rings (SSSR count). The predicted octanol–water partition coefficient (Wildman–Crippen LogP) is 2.75. The normalized spacial score (nSPS) is 15.9. The number of pyridine rings is 1. The van der Waals surface area contributed by atoms with Crippen molar-refractivity contribution in [3.8, 4) is 17.4 Å². The number of likely N-dealkylation sites (tertiary alicyclic amines) is 1. The third kappa shape index (κ3) is 7.00. The Balaban J connectivity index is 1.49. The highest BCUT2D eigenvalue weighted by molar-refractivity contribution is 5.89. The molecule has 11 heteroatoms. The summed E-state index contributed by atoms with van der Waals surface area (Å²) in [6, 6.07) is 8.45. The number of alkyl halides is 3. The molecule has 0 aliphatic carbocycles. The maximum atomic E-state index is 12.6. The van der Waals surface area contributed by atoms with E-state index in [2.05, 4.69) is 15.0 Å². The maximum absolute atomic E-state index is 12.6. The number of hydrogen-bond donors (Lipinski definition) is 1. The van der Waals surface area contributed by atoms with Crippen molar-refractivity contribution in [2.75, 3.05) is 33.9 Å². The van der Waals surface area contributed by atoms with Crippen molar-refractivity contribution in [1.82, 2.24) is 15.2 Å². The van der Waals surface area contributed by atoms with Crippen molar-refractivity contribution >= 4 is 11.8 Å². The zero-order chi connectivity index (χ0) is 24.7. The van der Waals surface area contributed by atoms with Gasteiger partial charge in [0.25, 0.3) is 0 Å². The number of nitrogens with zero attached hydrogens (tertiary/aromatic N) is 2. The fourth-order valence-corrected chi connectivity index (χ4v) is 3.59. The summed E-state index contributed by atoms with van der Waals surface area (Å²) in [6.45, 7) is -0.601. The molecular weight excluding hydrogens is 455 g/mol. The first-order chi connectivity index (χ1) is 16.2. The van der Waals surface area contributed by atoms with Gasteiger partial charge in [-0.1, -0.05) is 6.07 Å². The zero-order valence-corrected chi connectivity index (χ0v) is 18.9. The largest absolute Gasteiger partial charge is 0.493 e. The van der Waals surface area contributed by atoms with Crippen LogP contribution >= 0.6 is 0 Å². The highest BCUT2D eigenvalue weighted by Gasteiger charge is 2.34. The first kappa shape index (κ1) is 25.1. The van der Waals surface area contributed by atoms with Gasteiger partial charge >= 0.3 is 6.18 Å². The quantitative estimate of drug-likeness (QED) is 0.562. The Morgan fingerprint density at radius 1 is 1.15 bits per heavy atom. The molecular formula is C23H26F3N3O5. The molecule has 1 aliphatic heterocycles. The number of benzene rings is 1. The molecule has 184 valence electrons. The van der Waals surface area contributed by atoms with E-state index in [-0.39, 0.29) is 30.7 Å². The Labute approximate surface area is 195 Å². The van der Waals surface area contributed by atoms with E-state index in [0.29, 0.717) is 36.6 Å². The number of carbonyl (C=O) groups excluding carboxylic acids is 2. The average molecular weight is 481 g/mol. The lowest BCUT2D eigenvalue weighted by atomic mass is 10.1. The molecule has 0 spiro atoms. The topological polar surface area (TPSA) is 90.0 Å². The van der Waals surface area contributed by atoms with Crippen molar-refractivity contribution < 1.29 is 37.0 Å². The lowest BCUT2D eigenvalue weighted by Gasteiger charge is -2.17. The zero-order valence-electron chi connectivity index (χ0n) is 18.9. The summed E-state index contributed by atoms with van der Waals surface area (Å²) in [4.78, 5) is 30.3. The molecule has 1 saturated heterocycles. The van der Waals surface area contributed by atoms with Crippen LogP contribution in [0.25, 0.3) is 0 Å². The van der Waals surface area contributed by atoms with Gasteiger partial charge in [0.2, 0.25) is 17.7 Å². The first-order valence-electron chi connectivity index (χ1n) is 10.6. The van der Waals surface area contributed by atoms with E-state index in [1.807, 2.05) is 12.1 Å². The van der Waals surface area contributed by atoms with Crippen LogP contribution in [0, 0.1) is 5.92 Å². The molecule has 2 amide bonds. The summed E-state index contributed by atoms with van der Waals surface area (Å²) in [6.07, 6.45) is -2.46. The molecule has 34 heavy (non-hydrogen) atoms. The van der Waals surface area contributed by atoms with E-state index in [9.17, 15) is 22.8 Å². The molecule has 8 nitrogen and oxygen atoms in total. The highest BCUT2D eigenvalue weighted by atomic mass is 19.4. The van der Waals surface area contributed by atoms with E-state index < -0.39 is 18.7 Å². The highest BCUT2D eigenvalue weighted by Crippen LogP contribution is 2.28. The number of aromatic nitrogens is 1. The second-order valence-electron chi connectivity index (χ2n) is 7.80. The van der Waals surface area contributed by atoms with Gasteiger partial charge < -0.3 is 24.4 Å². The summed E-state index contributed by atoms with van der Waals surface area (Å²) in [7, 11) is 3.11. The lowest BCUT2D eigenvalue weighted by Crippen LogP contribution is -2.33. The molecule has 0 saturated carbocycles. The number of rotatable bonds is 10. The molecule has 1 aliphatic rings. The first-order valence-corrected chi connectivity index (χ1v) is 10.6. The Bertz CT molecular complexity index is 1020. The lowest BCUT2D eigenvalue weighted by molar-refractivity contribution is -0.154. The van der Waals surface area contributed by atoms with E-state index in [1.165, 1.54) is 12.3 Å². The number of carbonyl (C=O) groups is 2. The Morgan fingerprint density at radius 3 is 2.62 bits per heavy atom. The molecule has 2 aromatic rings. The van der Waals surface area contributed by atoms with Gasteiger partial charge in [0.1, 0.15) is 0 Å². The maximum Gasteiger partial charge on any atom is 0.422 e. The third-order valence-electron chi connectivity index (χ3n) is 5.35. The van der Waals surface area contributed by atoms with Crippen LogP contribution < -0.4 is 19.5 Å². The number of amides is 2. The molecule has 0 bridgehead atoms. The van der Waals surface area contributed by atoms with Crippen LogP contribution in [0.3, 0.4) is 0 Å². The summed E-state index contributed by atoms with van der Waals surface area (Å²) >= 11 is 0. The summed E-state index contributed by atoms with van der Waals surface area (Å²) in [5.74, 6) is 0.146. The van der Waals surface area contributed by atoms with Gasteiger partial charge in [0.05, 0.1) is 20.1 Å². The molecule has 1 atom stereocenters. The number of halogens is 3. The van der Waals surface area contributed by atoms with Crippen molar-refractivity contribution in [3.05, 3.63) is 47.7 Å². The number of methoxy groups -OCH3 is 2. The number of nitrogens with one attached hydrogen (secondary N) is 1. The smallest absolute Gasteiger partial charge is 0.422 e. The number of ether oxygens (including phenoxy) is 3. The minimum absolute atomic E-state index is 0.0834. The van der Waals surface area contributed by atoms with Gasteiger partial charge in [-0.05, 0) is 35.7 Å². The van der Waals surface area contributed by atoms with Gasteiger partial charge in [-0.15, -0.1) is 0 Å². The minimum atomic E-state index is -4.47. The minimum Gasteiger partial charge on any atom is -0.493 e. The van der Waals surface area contributed by atoms with Gasteiger partial charge in [-0.2, -0.15) is 13.2 Å². The Morgan fingerprint density at radius 2 is 1.91 bits per heavy atom. The van der Waals surface area contributed by atoms with Crippen LogP contribution in [0.15, 0.2) is 36.5 Å². The predicted molar refractivity (Wildman–Crippen MR) is 116 cm³/mol. The van der Waals surface area contributed by atoms with Gasteiger partial charge in [-0.3, -0.25) is 9.59 Å². The van der Waals surface area contributed by atoms with Crippen LogP contribution in [-0.4, -0.2) is 61.8 Å². The third-order valence-corrected chi connectivity index (χ3v) is 5.35. The molecule has 1 aromatic carbocycles. The fourth-order valence-electron chi connectivity index (χ4n) is 3.59. The number of hydrogen-bond acceptors (Lipinski definition) is 6. The van der Waals surface area contributed by atoms with E-state index in [4.69, 9.17) is 9.47 Å². The van der Waals surface area contributed by atoms with Crippen LogP contribution in [0.1, 0.15) is 17.5 Å². The summed E-state index contributed by atoms with van der Waals surface area (Å²) in [5.41, 5.74) is 1.51. The van der Waals surface area contributed by atoms with Crippen LogP contribution in [0.5, 0.6) is 17.4 Å².